The minimum Gasteiger partial charge on any atom is -0.369 e. The number of primary amides is 1. The largest absolute Gasteiger partial charge is 0.369 e. The van der Waals surface area contributed by atoms with Crippen molar-refractivity contribution in [3.63, 3.8) is 0 Å². The molecule has 0 aromatic heterocycles. The normalized spacial score (nSPS) is 18.0. The van der Waals surface area contributed by atoms with E-state index in [1.165, 1.54) is 32.1 Å². The second kappa shape index (κ2) is 10.6. The molecule has 0 spiro atoms. The number of rotatable bonds is 10. The first-order chi connectivity index (χ1) is 13.3. The van der Waals surface area contributed by atoms with E-state index in [1.807, 2.05) is 24.3 Å². The summed E-state index contributed by atoms with van der Waals surface area (Å²) in [4.78, 5) is 15.4. The molecular weight excluding hydrogens is 368 g/mol. The van der Waals surface area contributed by atoms with E-state index in [4.69, 9.17) is 17.3 Å². The highest BCUT2D eigenvalue weighted by Gasteiger charge is 2.40. The first-order valence-corrected chi connectivity index (χ1v) is 11.5. The fraction of sp³-hybridized carbons (Fsp3) is 0.708. The van der Waals surface area contributed by atoms with Crippen LogP contribution in [0.1, 0.15) is 84.6 Å². The van der Waals surface area contributed by atoms with Gasteiger partial charge in [-0.3, -0.25) is 9.69 Å². The summed E-state index contributed by atoms with van der Waals surface area (Å²) in [5.74, 6) is 0.477. The summed E-state index contributed by atoms with van der Waals surface area (Å²) in [5, 5.41) is 0.658. The Labute approximate surface area is 177 Å². The summed E-state index contributed by atoms with van der Waals surface area (Å²) in [6.45, 7) is 9.69. The van der Waals surface area contributed by atoms with Crippen LogP contribution in [-0.4, -0.2) is 29.4 Å². The van der Waals surface area contributed by atoms with Gasteiger partial charge in [-0.25, -0.2) is 0 Å². The highest BCUT2D eigenvalue weighted by molar-refractivity contribution is 6.31. The second-order valence-corrected chi connectivity index (χ2v) is 9.55. The van der Waals surface area contributed by atoms with Crippen molar-refractivity contribution in [3.8, 4) is 0 Å². The third kappa shape index (κ3) is 5.73. The molecule has 0 heterocycles. The van der Waals surface area contributed by atoms with Crippen molar-refractivity contribution in [2.75, 3.05) is 6.54 Å². The lowest BCUT2D eigenvalue weighted by molar-refractivity contribution is -0.124. The molecule has 1 atom stereocenters. The van der Waals surface area contributed by atoms with Crippen LogP contribution in [0.3, 0.4) is 0 Å². The lowest BCUT2D eigenvalue weighted by Crippen LogP contribution is -2.47. The SMILES string of the molecule is CC(C)N(CCC(CCC1CCCCC1)(C(N)=O)c1ccccc1Cl)C(C)C. The van der Waals surface area contributed by atoms with E-state index in [0.717, 1.165) is 31.4 Å². The van der Waals surface area contributed by atoms with Gasteiger partial charge in [0, 0.05) is 23.7 Å². The van der Waals surface area contributed by atoms with Crippen LogP contribution in [0.5, 0.6) is 0 Å². The molecule has 1 unspecified atom stereocenters. The molecule has 3 nitrogen and oxygen atoms in total. The van der Waals surface area contributed by atoms with E-state index >= 15 is 0 Å². The van der Waals surface area contributed by atoms with Gasteiger partial charge >= 0.3 is 0 Å². The van der Waals surface area contributed by atoms with Crippen LogP contribution < -0.4 is 5.73 Å². The van der Waals surface area contributed by atoms with Gasteiger partial charge in [0.15, 0.2) is 0 Å². The average Bonchev–Trinajstić information content (AvgIpc) is 2.65. The molecule has 1 aromatic carbocycles. The van der Waals surface area contributed by atoms with Crippen LogP contribution >= 0.6 is 11.6 Å². The molecule has 158 valence electrons. The number of carbonyl (C=O) groups is 1. The zero-order valence-electron chi connectivity index (χ0n) is 18.2. The van der Waals surface area contributed by atoms with Gasteiger partial charge in [0.2, 0.25) is 5.91 Å². The quantitative estimate of drug-likeness (QED) is 0.523. The van der Waals surface area contributed by atoms with Gasteiger partial charge in [0.1, 0.15) is 0 Å². The highest BCUT2D eigenvalue weighted by Crippen LogP contribution is 2.40. The van der Waals surface area contributed by atoms with E-state index in [0.29, 0.717) is 23.0 Å². The number of nitrogens with zero attached hydrogens (tertiary/aromatic N) is 1. The van der Waals surface area contributed by atoms with Gasteiger partial charge in [-0.15, -0.1) is 0 Å². The molecule has 1 aliphatic carbocycles. The number of benzene rings is 1. The van der Waals surface area contributed by atoms with Crippen LogP contribution in [0, 0.1) is 5.92 Å². The van der Waals surface area contributed by atoms with Crippen molar-refractivity contribution in [2.45, 2.75) is 96.6 Å². The second-order valence-electron chi connectivity index (χ2n) is 9.14. The third-order valence-corrected chi connectivity index (χ3v) is 7.02. The molecule has 2 N–H and O–H groups in total. The maximum Gasteiger partial charge on any atom is 0.228 e. The van der Waals surface area contributed by atoms with Crippen LogP contribution in [0.4, 0.5) is 0 Å². The van der Waals surface area contributed by atoms with Crippen LogP contribution in [0.25, 0.3) is 0 Å². The summed E-state index contributed by atoms with van der Waals surface area (Å²) in [6.07, 6.45) is 9.10. The third-order valence-electron chi connectivity index (χ3n) is 6.69. The van der Waals surface area contributed by atoms with E-state index in [2.05, 4.69) is 32.6 Å². The zero-order valence-corrected chi connectivity index (χ0v) is 19.0. The van der Waals surface area contributed by atoms with E-state index in [-0.39, 0.29) is 5.91 Å². The summed E-state index contributed by atoms with van der Waals surface area (Å²) in [6, 6.07) is 8.64. The monoisotopic (exact) mass is 406 g/mol. The fourth-order valence-electron chi connectivity index (χ4n) is 4.98. The Morgan fingerprint density at radius 3 is 2.25 bits per heavy atom. The van der Waals surface area contributed by atoms with Crippen molar-refractivity contribution < 1.29 is 4.79 Å². The topological polar surface area (TPSA) is 46.3 Å². The van der Waals surface area contributed by atoms with Gasteiger partial charge in [-0.1, -0.05) is 61.9 Å². The van der Waals surface area contributed by atoms with E-state index in [1.54, 1.807) is 0 Å². The molecule has 1 aromatic rings. The minimum atomic E-state index is -0.697. The van der Waals surface area contributed by atoms with E-state index in [9.17, 15) is 4.79 Å². The number of amides is 1. The lowest BCUT2D eigenvalue weighted by atomic mass is 9.70. The molecular formula is C24H39ClN2O. The maximum atomic E-state index is 12.9. The van der Waals surface area contributed by atoms with Gasteiger partial charge in [0.25, 0.3) is 0 Å². The standard InChI is InChI=1S/C24H39ClN2O/c1-18(2)27(19(3)4)17-16-24(23(26)28,21-12-8-9-13-22(21)25)15-14-20-10-6-5-7-11-20/h8-9,12-13,18-20H,5-7,10-11,14-17H2,1-4H3,(H2,26,28). The molecule has 0 bridgehead atoms. The molecule has 1 fully saturated rings. The first-order valence-electron chi connectivity index (χ1n) is 11.1. The maximum absolute atomic E-state index is 12.9. The van der Waals surface area contributed by atoms with Crippen LogP contribution in [0.2, 0.25) is 5.02 Å². The highest BCUT2D eigenvalue weighted by atomic mass is 35.5. The Hall–Kier alpha value is -1.06. The van der Waals surface area contributed by atoms with Crippen molar-refractivity contribution >= 4 is 17.5 Å². The smallest absolute Gasteiger partial charge is 0.228 e. The van der Waals surface area contributed by atoms with Gasteiger partial charge in [-0.05, 0) is 64.5 Å². The fourth-order valence-corrected chi connectivity index (χ4v) is 5.30. The molecule has 4 heteroatoms. The van der Waals surface area contributed by atoms with Crippen molar-refractivity contribution in [1.29, 1.82) is 0 Å². The summed E-state index contributed by atoms with van der Waals surface area (Å²) in [5.41, 5.74) is 6.32. The molecule has 1 amide bonds. The Balaban J connectivity index is 2.31. The van der Waals surface area contributed by atoms with Crippen molar-refractivity contribution in [1.82, 2.24) is 4.90 Å². The summed E-state index contributed by atoms with van der Waals surface area (Å²) >= 11 is 6.59. The Bertz CT molecular complexity index is 617. The molecule has 0 saturated heterocycles. The molecule has 1 saturated carbocycles. The molecule has 0 radical (unpaired) electrons. The molecule has 2 rings (SSSR count). The number of halogens is 1. The Kier molecular flexibility index (Phi) is 8.82. The van der Waals surface area contributed by atoms with Crippen molar-refractivity contribution in [2.24, 2.45) is 11.7 Å². The molecule has 28 heavy (non-hydrogen) atoms. The lowest BCUT2D eigenvalue weighted by Gasteiger charge is -2.38. The summed E-state index contributed by atoms with van der Waals surface area (Å²) in [7, 11) is 0. The number of carbonyl (C=O) groups excluding carboxylic acids is 1. The first kappa shape index (κ1) is 23.2. The van der Waals surface area contributed by atoms with Gasteiger partial charge in [0.05, 0.1) is 5.41 Å². The summed E-state index contributed by atoms with van der Waals surface area (Å²) < 4.78 is 0. The number of hydrogen-bond acceptors (Lipinski definition) is 2. The zero-order chi connectivity index (χ0) is 20.7. The van der Waals surface area contributed by atoms with Crippen LogP contribution in [-0.2, 0) is 10.2 Å². The minimum absolute atomic E-state index is 0.233. The predicted molar refractivity (Wildman–Crippen MR) is 120 cm³/mol. The van der Waals surface area contributed by atoms with Gasteiger partial charge in [-0.2, -0.15) is 0 Å². The Morgan fingerprint density at radius 2 is 1.71 bits per heavy atom. The predicted octanol–water partition coefficient (Wildman–Crippen LogP) is 5.93. The average molecular weight is 407 g/mol. The number of nitrogens with two attached hydrogens (primary N) is 1. The Morgan fingerprint density at radius 1 is 1.11 bits per heavy atom. The van der Waals surface area contributed by atoms with Gasteiger partial charge < -0.3 is 5.73 Å². The van der Waals surface area contributed by atoms with Crippen LogP contribution in [0.15, 0.2) is 24.3 Å². The van der Waals surface area contributed by atoms with E-state index < -0.39 is 5.41 Å². The number of hydrogen-bond donors (Lipinski definition) is 1. The molecule has 0 aliphatic heterocycles. The van der Waals surface area contributed by atoms with Crippen molar-refractivity contribution in [3.05, 3.63) is 34.9 Å². The molecule has 1 aliphatic rings.